The first-order valence-electron chi connectivity index (χ1n) is 6.82. The number of benzene rings is 1. The highest BCUT2D eigenvalue weighted by Gasteiger charge is 2.29. The molecule has 2 unspecified atom stereocenters. The molecule has 4 heteroatoms. The molecule has 106 valence electrons. The molecule has 1 aliphatic rings. The first-order valence-corrected chi connectivity index (χ1v) is 7.94. The van der Waals surface area contributed by atoms with Gasteiger partial charge < -0.3 is 9.47 Å². The van der Waals surface area contributed by atoms with E-state index in [-0.39, 0.29) is 0 Å². The SMILES string of the molecule is COc1ccccc1OCCN1CCC(C)C1CBr. The number of ether oxygens (including phenoxy) is 2. The Morgan fingerprint density at radius 3 is 2.74 bits per heavy atom. The van der Waals surface area contributed by atoms with Gasteiger partial charge in [0.05, 0.1) is 7.11 Å². The maximum Gasteiger partial charge on any atom is 0.161 e. The molecule has 1 heterocycles. The van der Waals surface area contributed by atoms with Gasteiger partial charge >= 0.3 is 0 Å². The van der Waals surface area contributed by atoms with Crippen molar-refractivity contribution < 1.29 is 9.47 Å². The lowest BCUT2D eigenvalue weighted by Crippen LogP contribution is -2.36. The van der Waals surface area contributed by atoms with Crippen LogP contribution in [0.15, 0.2) is 24.3 Å². The van der Waals surface area contributed by atoms with Crippen LogP contribution in [-0.4, -0.2) is 43.1 Å². The van der Waals surface area contributed by atoms with Gasteiger partial charge in [-0.15, -0.1) is 0 Å². The van der Waals surface area contributed by atoms with E-state index < -0.39 is 0 Å². The van der Waals surface area contributed by atoms with Crippen molar-refractivity contribution in [3.05, 3.63) is 24.3 Å². The summed E-state index contributed by atoms with van der Waals surface area (Å²) in [7, 11) is 1.67. The molecule has 0 amide bonds. The summed E-state index contributed by atoms with van der Waals surface area (Å²) in [5, 5.41) is 1.04. The van der Waals surface area contributed by atoms with Gasteiger partial charge in [-0.1, -0.05) is 35.0 Å². The molecule has 1 fully saturated rings. The minimum absolute atomic E-state index is 0.640. The number of rotatable bonds is 6. The summed E-state index contributed by atoms with van der Waals surface area (Å²) in [5.41, 5.74) is 0. The predicted molar refractivity (Wildman–Crippen MR) is 81.4 cm³/mol. The van der Waals surface area contributed by atoms with Crippen molar-refractivity contribution in [2.24, 2.45) is 5.92 Å². The van der Waals surface area contributed by atoms with E-state index in [9.17, 15) is 0 Å². The van der Waals surface area contributed by atoms with E-state index in [4.69, 9.17) is 9.47 Å². The molecule has 0 spiro atoms. The van der Waals surface area contributed by atoms with Gasteiger partial charge in [-0.2, -0.15) is 0 Å². The van der Waals surface area contributed by atoms with Crippen molar-refractivity contribution in [2.45, 2.75) is 19.4 Å². The quantitative estimate of drug-likeness (QED) is 0.749. The molecule has 1 aliphatic heterocycles. The number of likely N-dealkylation sites (tertiary alicyclic amines) is 1. The van der Waals surface area contributed by atoms with E-state index >= 15 is 0 Å². The molecule has 3 nitrogen and oxygen atoms in total. The number of hydrogen-bond acceptors (Lipinski definition) is 3. The molecule has 1 aromatic rings. The van der Waals surface area contributed by atoms with Gasteiger partial charge in [0, 0.05) is 17.9 Å². The molecule has 1 saturated heterocycles. The van der Waals surface area contributed by atoms with Crippen LogP contribution >= 0.6 is 15.9 Å². The van der Waals surface area contributed by atoms with Crippen molar-refractivity contribution in [3.63, 3.8) is 0 Å². The van der Waals surface area contributed by atoms with E-state index in [2.05, 4.69) is 27.8 Å². The Bertz CT molecular complexity index is 399. The highest BCUT2D eigenvalue weighted by Crippen LogP contribution is 2.27. The fourth-order valence-corrected chi connectivity index (χ4v) is 3.67. The van der Waals surface area contributed by atoms with E-state index in [1.54, 1.807) is 7.11 Å². The monoisotopic (exact) mass is 327 g/mol. The van der Waals surface area contributed by atoms with Crippen LogP contribution < -0.4 is 9.47 Å². The third-order valence-corrected chi connectivity index (χ3v) is 4.52. The van der Waals surface area contributed by atoms with Gasteiger partial charge in [0.25, 0.3) is 0 Å². The smallest absolute Gasteiger partial charge is 0.161 e. The fraction of sp³-hybridized carbons (Fsp3) is 0.600. The Morgan fingerprint density at radius 2 is 2.05 bits per heavy atom. The van der Waals surface area contributed by atoms with Gasteiger partial charge in [-0.25, -0.2) is 0 Å². The third-order valence-electron chi connectivity index (χ3n) is 3.86. The molecule has 2 atom stereocenters. The number of halogens is 1. The summed E-state index contributed by atoms with van der Waals surface area (Å²) in [6, 6.07) is 8.44. The topological polar surface area (TPSA) is 21.7 Å². The largest absolute Gasteiger partial charge is 0.493 e. The van der Waals surface area contributed by atoms with Crippen molar-refractivity contribution in [1.82, 2.24) is 4.90 Å². The van der Waals surface area contributed by atoms with Crippen LogP contribution in [0.2, 0.25) is 0 Å². The normalized spacial score (nSPS) is 23.5. The van der Waals surface area contributed by atoms with Crippen LogP contribution in [-0.2, 0) is 0 Å². The minimum atomic E-state index is 0.640. The van der Waals surface area contributed by atoms with Crippen molar-refractivity contribution in [2.75, 3.05) is 32.1 Å². The molecular formula is C15H22BrNO2. The Hall–Kier alpha value is -0.740. The van der Waals surface area contributed by atoms with E-state index in [0.29, 0.717) is 12.6 Å². The summed E-state index contributed by atoms with van der Waals surface area (Å²) in [5.74, 6) is 2.40. The Balaban J connectivity index is 1.83. The number of methoxy groups -OCH3 is 1. The van der Waals surface area contributed by atoms with E-state index in [1.807, 2.05) is 24.3 Å². The zero-order chi connectivity index (χ0) is 13.7. The molecule has 19 heavy (non-hydrogen) atoms. The molecule has 0 saturated carbocycles. The highest BCUT2D eigenvalue weighted by atomic mass is 79.9. The summed E-state index contributed by atoms with van der Waals surface area (Å²) in [6.45, 7) is 5.18. The molecule has 1 aromatic carbocycles. The maximum atomic E-state index is 5.84. The van der Waals surface area contributed by atoms with Crippen LogP contribution in [0.1, 0.15) is 13.3 Å². The predicted octanol–water partition coefficient (Wildman–Crippen LogP) is 3.18. The number of hydrogen-bond donors (Lipinski definition) is 0. The Kier molecular flexibility index (Phi) is 5.52. The van der Waals surface area contributed by atoms with Crippen LogP contribution in [0, 0.1) is 5.92 Å². The lowest BCUT2D eigenvalue weighted by molar-refractivity contribution is 0.193. The Morgan fingerprint density at radius 1 is 1.32 bits per heavy atom. The zero-order valence-electron chi connectivity index (χ0n) is 11.6. The van der Waals surface area contributed by atoms with Crippen LogP contribution in [0.3, 0.4) is 0 Å². The summed E-state index contributed by atoms with van der Waals surface area (Å²) < 4.78 is 11.1. The van der Waals surface area contributed by atoms with E-state index in [0.717, 1.165) is 29.3 Å². The van der Waals surface area contributed by atoms with Crippen LogP contribution in [0.4, 0.5) is 0 Å². The third kappa shape index (κ3) is 3.63. The van der Waals surface area contributed by atoms with Gasteiger partial charge in [0.1, 0.15) is 6.61 Å². The van der Waals surface area contributed by atoms with Crippen LogP contribution in [0.25, 0.3) is 0 Å². The summed E-state index contributed by atoms with van der Waals surface area (Å²) in [4.78, 5) is 2.51. The molecule has 0 bridgehead atoms. The zero-order valence-corrected chi connectivity index (χ0v) is 13.2. The minimum Gasteiger partial charge on any atom is -0.493 e. The maximum absolute atomic E-state index is 5.84. The lowest BCUT2D eigenvalue weighted by Gasteiger charge is -2.25. The van der Waals surface area contributed by atoms with Crippen LogP contribution in [0.5, 0.6) is 11.5 Å². The van der Waals surface area contributed by atoms with Crippen molar-refractivity contribution in [3.8, 4) is 11.5 Å². The average Bonchev–Trinajstić information content (AvgIpc) is 2.79. The fourth-order valence-electron chi connectivity index (χ4n) is 2.63. The number of alkyl halides is 1. The average molecular weight is 328 g/mol. The van der Waals surface area contributed by atoms with E-state index in [1.165, 1.54) is 13.0 Å². The molecule has 0 aliphatic carbocycles. The molecule has 0 radical (unpaired) electrons. The summed E-state index contributed by atoms with van der Waals surface area (Å²) >= 11 is 3.61. The van der Waals surface area contributed by atoms with Gasteiger partial charge in [0.2, 0.25) is 0 Å². The number of nitrogens with zero attached hydrogens (tertiary/aromatic N) is 1. The van der Waals surface area contributed by atoms with Gasteiger partial charge in [0.15, 0.2) is 11.5 Å². The molecule has 2 rings (SSSR count). The van der Waals surface area contributed by atoms with Gasteiger partial charge in [-0.05, 0) is 31.0 Å². The van der Waals surface area contributed by atoms with Crippen molar-refractivity contribution >= 4 is 15.9 Å². The highest BCUT2D eigenvalue weighted by molar-refractivity contribution is 9.09. The van der Waals surface area contributed by atoms with Crippen molar-refractivity contribution in [1.29, 1.82) is 0 Å². The lowest BCUT2D eigenvalue weighted by atomic mass is 10.1. The molecular weight excluding hydrogens is 306 g/mol. The first-order chi connectivity index (χ1) is 9.26. The molecule has 0 N–H and O–H groups in total. The van der Waals surface area contributed by atoms with Gasteiger partial charge in [-0.3, -0.25) is 4.90 Å². The Labute approximate surface area is 124 Å². The molecule has 0 aromatic heterocycles. The number of para-hydroxylation sites is 2. The second-order valence-electron chi connectivity index (χ2n) is 5.02. The first kappa shape index (κ1) is 14.7. The standard InChI is InChI=1S/C15H22BrNO2/c1-12-7-8-17(13(12)11-16)9-10-19-15-6-4-3-5-14(15)18-2/h3-6,12-13H,7-11H2,1-2H3. The second-order valence-corrected chi connectivity index (χ2v) is 5.67. The summed E-state index contributed by atoms with van der Waals surface area (Å²) in [6.07, 6.45) is 1.28. The second kappa shape index (κ2) is 7.15.